The topological polar surface area (TPSA) is 56.4 Å². The number of fused-ring (bicyclic) bond motifs is 1. The lowest BCUT2D eigenvalue weighted by Gasteiger charge is -2.33. The quantitative estimate of drug-likeness (QED) is 0.377. The van der Waals surface area contributed by atoms with E-state index >= 15 is 0 Å². The van der Waals surface area contributed by atoms with E-state index in [1.165, 1.54) is 16.5 Å². The Kier molecular flexibility index (Phi) is 8.17. The summed E-state index contributed by atoms with van der Waals surface area (Å²) in [5.41, 5.74) is 4.81. The highest BCUT2D eigenvalue weighted by Crippen LogP contribution is 2.28. The molecule has 3 aromatic rings. The number of carbonyl (C=O) groups excluding carboxylic acids is 2. The van der Waals surface area contributed by atoms with Gasteiger partial charge in [0.2, 0.25) is 11.8 Å². The third-order valence-corrected chi connectivity index (χ3v) is 7.46. The fourth-order valence-corrected chi connectivity index (χ4v) is 4.93. The highest BCUT2D eigenvalue weighted by atomic mass is 16.2. The Balaban J connectivity index is 1.51. The number of aromatic amines is 1. The second-order valence-electron chi connectivity index (χ2n) is 11.3. The Morgan fingerprint density at radius 2 is 1.69 bits per heavy atom. The van der Waals surface area contributed by atoms with Gasteiger partial charge in [-0.1, -0.05) is 76.6 Å². The van der Waals surface area contributed by atoms with Crippen molar-refractivity contribution in [3.63, 3.8) is 0 Å². The number of H-pyrrole nitrogens is 1. The lowest BCUT2D eigenvalue weighted by molar-refractivity contribution is -0.145. The maximum Gasteiger partial charge on any atom is 0.242 e. The molecule has 36 heavy (non-hydrogen) atoms. The van der Waals surface area contributed by atoms with Crippen molar-refractivity contribution < 1.29 is 9.59 Å². The number of para-hydroxylation sites is 1. The minimum absolute atomic E-state index is 0.0239. The van der Waals surface area contributed by atoms with E-state index in [-0.39, 0.29) is 29.7 Å². The van der Waals surface area contributed by atoms with Gasteiger partial charge in [0.05, 0.1) is 6.54 Å². The summed E-state index contributed by atoms with van der Waals surface area (Å²) in [6.07, 6.45) is 6.70. The Hall–Kier alpha value is -3.08. The summed E-state index contributed by atoms with van der Waals surface area (Å²) in [5.74, 6) is 0.285. The Labute approximate surface area is 215 Å². The molecule has 0 spiro atoms. The number of amides is 2. The van der Waals surface area contributed by atoms with Crippen molar-refractivity contribution in [1.82, 2.24) is 14.8 Å². The molecule has 1 aliphatic rings. The van der Waals surface area contributed by atoms with Gasteiger partial charge in [-0.25, -0.2) is 0 Å². The van der Waals surface area contributed by atoms with E-state index in [4.69, 9.17) is 0 Å². The van der Waals surface area contributed by atoms with Crippen LogP contribution >= 0.6 is 0 Å². The van der Waals surface area contributed by atoms with E-state index in [0.29, 0.717) is 19.6 Å². The van der Waals surface area contributed by atoms with Crippen molar-refractivity contribution in [2.24, 2.45) is 5.92 Å². The summed E-state index contributed by atoms with van der Waals surface area (Å²) in [6, 6.07) is 16.9. The highest BCUT2D eigenvalue weighted by molar-refractivity contribution is 5.86. The van der Waals surface area contributed by atoms with Crippen molar-refractivity contribution in [1.29, 1.82) is 0 Å². The van der Waals surface area contributed by atoms with Crippen LogP contribution in [0.2, 0.25) is 0 Å². The predicted octanol–water partition coefficient (Wildman–Crippen LogP) is 6.08. The molecule has 0 atom stereocenters. The molecule has 192 valence electrons. The van der Waals surface area contributed by atoms with Gasteiger partial charge in [0, 0.05) is 42.7 Å². The van der Waals surface area contributed by atoms with E-state index in [0.717, 1.165) is 43.2 Å². The van der Waals surface area contributed by atoms with E-state index in [9.17, 15) is 9.59 Å². The van der Waals surface area contributed by atoms with Crippen LogP contribution in [0.4, 0.5) is 0 Å². The summed E-state index contributed by atoms with van der Waals surface area (Å²) in [5, 5.41) is 1.20. The molecule has 0 aliphatic heterocycles. The van der Waals surface area contributed by atoms with Crippen molar-refractivity contribution in [2.75, 3.05) is 19.6 Å². The van der Waals surface area contributed by atoms with Crippen LogP contribution in [0, 0.1) is 5.92 Å². The summed E-state index contributed by atoms with van der Waals surface area (Å²) < 4.78 is 0. The van der Waals surface area contributed by atoms with Crippen LogP contribution < -0.4 is 0 Å². The molecule has 5 heteroatoms. The number of aromatic nitrogens is 1. The smallest absolute Gasteiger partial charge is 0.242 e. The lowest BCUT2D eigenvalue weighted by atomic mass is 9.84. The SMILES string of the molecule is CCCN(CC(=O)N(CCc1c[nH]c2ccccc12)Cc1ccc(C(C)(C)C)cc1)C(=O)C1CCC1. The molecular weight excluding hydrogens is 446 g/mol. The zero-order valence-electron chi connectivity index (χ0n) is 22.3. The Morgan fingerprint density at radius 3 is 2.33 bits per heavy atom. The van der Waals surface area contributed by atoms with E-state index in [2.05, 4.69) is 75.3 Å². The number of rotatable bonds is 10. The molecule has 0 unspecified atom stereocenters. The second kappa shape index (κ2) is 11.3. The van der Waals surface area contributed by atoms with Crippen molar-refractivity contribution >= 4 is 22.7 Å². The van der Waals surface area contributed by atoms with Gasteiger partial charge in [-0.3, -0.25) is 9.59 Å². The number of carbonyl (C=O) groups is 2. The van der Waals surface area contributed by atoms with Crippen molar-refractivity contribution in [2.45, 2.75) is 71.8 Å². The lowest BCUT2D eigenvalue weighted by Crippen LogP contribution is -2.46. The van der Waals surface area contributed by atoms with Gasteiger partial charge in [-0.05, 0) is 53.9 Å². The van der Waals surface area contributed by atoms with Gasteiger partial charge in [0.15, 0.2) is 0 Å². The molecule has 2 amide bonds. The number of benzene rings is 2. The second-order valence-corrected chi connectivity index (χ2v) is 11.3. The number of hydrogen-bond acceptors (Lipinski definition) is 2. The minimum Gasteiger partial charge on any atom is -0.361 e. The largest absolute Gasteiger partial charge is 0.361 e. The van der Waals surface area contributed by atoms with Crippen LogP contribution in [0.1, 0.15) is 70.1 Å². The van der Waals surface area contributed by atoms with Gasteiger partial charge in [-0.2, -0.15) is 0 Å². The number of nitrogens with one attached hydrogen (secondary N) is 1. The molecule has 1 N–H and O–H groups in total. The molecule has 4 rings (SSSR count). The molecule has 1 saturated carbocycles. The van der Waals surface area contributed by atoms with Gasteiger partial charge in [-0.15, -0.1) is 0 Å². The zero-order chi connectivity index (χ0) is 25.7. The molecule has 0 bridgehead atoms. The minimum atomic E-state index is 0.0239. The van der Waals surface area contributed by atoms with Crippen LogP contribution in [0.5, 0.6) is 0 Å². The summed E-state index contributed by atoms with van der Waals surface area (Å²) in [6.45, 7) is 10.6. The maximum absolute atomic E-state index is 13.6. The monoisotopic (exact) mass is 487 g/mol. The normalized spacial score (nSPS) is 14.0. The van der Waals surface area contributed by atoms with Crippen molar-refractivity contribution in [3.8, 4) is 0 Å². The highest BCUT2D eigenvalue weighted by Gasteiger charge is 2.31. The first-order chi connectivity index (χ1) is 17.3. The Morgan fingerprint density at radius 1 is 0.972 bits per heavy atom. The summed E-state index contributed by atoms with van der Waals surface area (Å²) in [4.78, 5) is 33.7. The third kappa shape index (κ3) is 6.18. The van der Waals surface area contributed by atoms with Gasteiger partial charge in [0.1, 0.15) is 0 Å². The first-order valence-electron chi connectivity index (χ1n) is 13.5. The van der Waals surface area contributed by atoms with E-state index in [1.807, 2.05) is 17.0 Å². The fraction of sp³-hybridized carbons (Fsp3) is 0.484. The van der Waals surface area contributed by atoms with Crippen LogP contribution in [-0.2, 0) is 28.0 Å². The van der Waals surface area contributed by atoms with Crippen LogP contribution in [-0.4, -0.2) is 46.2 Å². The van der Waals surface area contributed by atoms with Crippen LogP contribution in [0.25, 0.3) is 10.9 Å². The average molecular weight is 488 g/mol. The van der Waals surface area contributed by atoms with Gasteiger partial charge in [0.25, 0.3) is 0 Å². The predicted molar refractivity (Wildman–Crippen MR) is 147 cm³/mol. The van der Waals surface area contributed by atoms with Crippen LogP contribution in [0.3, 0.4) is 0 Å². The standard InChI is InChI=1S/C31H41N3O2/c1-5-18-34(30(36)24-9-8-10-24)22-29(35)33(21-23-13-15-26(16-14-23)31(2,3)4)19-17-25-20-32-28-12-7-6-11-27(25)28/h6-7,11-16,20,24,32H,5,8-10,17-19,21-22H2,1-4H3. The Bertz CT molecular complexity index is 1170. The molecule has 1 aromatic heterocycles. The molecular formula is C31H41N3O2. The summed E-state index contributed by atoms with van der Waals surface area (Å²) in [7, 11) is 0. The maximum atomic E-state index is 13.6. The molecule has 0 radical (unpaired) electrons. The molecule has 1 heterocycles. The first-order valence-corrected chi connectivity index (χ1v) is 13.5. The number of nitrogens with zero attached hydrogens (tertiary/aromatic N) is 2. The van der Waals surface area contributed by atoms with Gasteiger partial charge < -0.3 is 14.8 Å². The molecule has 2 aromatic carbocycles. The van der Waals surface area contributed by atoms with Gasteiger partial charge >= 0.3 is 0 Å². The molecule has 1 aliphatic carbocycles. The third-order valence-electron chi connectivity index (χ3n) is 7.46. The average Bonchev–Trinajstić information content (AvgIpc) is 3.23. The summed E-state index contributed by atoms with van der Waals surface area (Å²) >= 11 is 0. The fourth-order valence-electron chi connectivity index (χ4n) is 4.93. The molecule has 5 nitrogen and oxygen atoms in total. The zero-order valence-corrected chi connectivity index (χ0v) is 22.3. The van der Waals surface area contributed by atoms with Crippen LogP contribution in [0.15, 0.2) is 54.7 Å². The van der Waals surface area contributed by atoms with Crippen molar-refractivity contribution in [3.05, 3.63) is 71.4 Å². The first kappa shape index (κ1) is 26.0. The number of hydrogen-bond donors (Lipinski definition) is 1. The molecule has 1 fully saturated rings. The van der Waals surface area contributed by atoms with E-state index in [1.54, 1.807) is 4.90 Å². The molecule has 0 saturated heterocycles. The van der Waals surface area contributed by atoms with E-state index < -0.39 is 0 Å².